The van der Waals surface area contributed by atoms with E-state index in [9.17, 15) is 14.4 Å². The van der Waals surface area contributed by atoms with Crippen molar-refractivity contribution in [3.63, 3.8) is 0 Å². The number of amides is 2. The quantitative estimate of drug-likeness (QED) is 0.472. The number of fused-ring (bicyclic) bond motifs is 1. The van der Waals surface area contributed by atoms with Gasteiger partial charge in [0.05, 0.1) is 18.2 Å². The highest BCUT2D eigenvalue weighted by atomic mass is 16.5. The molecule has 1 heterocycles. The fraction of sp³-hybridized carbons (Fsp3) is 0.312. The Morgan fingerprint density at radius 1 is 1.29 bits per heavy atom. The number of nitrogens with zero attached hydrogens (tertiary/aromatic N) is 1. The molecular formula is C16H17NO4. The van der Waals surface area contributed by atoms with Crippen LogP contribution in [0.4, 0.5) is 0 Å². The lowest BCUT2D eigenvalue weighted by Gasteiger charge is -2.28. The molecule has 0 fully saturated rings. The van der Waals surface area contributed by atoms with Gasteiger partial charge in [0.1, 0.15) is 6.04 Å². The van der Waals surface area contributed by atoms with E-state index >= 15 is 0 Å². The topological polar surface area (TPSA) is 63.7 Å². The fourth-order valence-electron chi connectivity index (χ4n) is 2.57. The highest BCUT2D eigenvalue weighted by Crippen LogP contribution is 2.28. The third-order valence-corrected chi connectivity index (χ3v) is 3.62. The molecule has 110 valence electrons. The molecule has 0 N–H and O–H groups in total. The van der Waals surface area contributed by atoms with Crippen LogP contribution in [0.2, 0.25) is 0 Å². The van der Waals surface area contributed by atoms with E-state index in [1.54, 1.807) is 37.3 Å². The van der Waals surface area contributed by atoms with Crippen LogP contribution >= 0.6 is 0 Å². The summed E-state index contributed by atoms with van der Waals surface area (Å²) in [4.78, 5) is 38.0. The van der Waals surface area contributed by atoms with Crippen molar-refractivity contribution in [2.45, 2.75) is 19.4 Å². The van der Waals surface area contributed by atoms with Crippen molar-refractivity contribution in [1.29, 1.82) is 0 Å². The van der Waals surface area contributed by atoms with Gasteiger partial charge in [0.25, 0.3) is 11.8 Å². The second kappa shape index (κ2) is 5.91. The van der Waals surface area contributed by atoms with E-state index in [0.717, 1.165) is 4.90 Å². The van der Waals surface area contributed by atoms with Gasteiger partial charge in [-0.2, -0.15) is 0 Å². The van der Waals surface area contributed by atoms with Crippen molar-refractivity contribution in [3.8, 4) is 0 Å². The van der Waals surface area contributed by atoms with Crippen LogP contribution in [0, 0.1) is 5.92 Å². The van der Waals surface area contributed by atoms with Crippen molar-refractivity contribution in [3.05, 3.63) is 48.0 Å². The lowest BCUT2D eigenvalue weighted by Crippen LogP contribution is -2.49. The molecule has 2 atom stereocenters. The van der Waals surface area contributed by atoms with E-state index in [-0.39, 0.29) is 5.92 Å². The van der Waals surface area contributed by atoms with Crippen LogP contribution in [0.15, 0.2) is 36.9 Å². The predicted molar refractivity (Wildman–Crippen MR) is 76.7 cm³/mol. The Hall–Kier alpha value is -2.43. The maximum Gasteiger partial charge on any atom is 0.329 e. The number of hydrogen-bond acceptors (Lipinski definition) is 4. The van der Waals surface area contributed by atoms with E-state index in [1.807, 2.05) is 0 Å². The second-order valence-electron chi connectivity index (χ2n) is 5.00. The molecule has 0 aromatic heterocycles. The van der Waals surface area contributed by atoms with Crippen molar-refractivity contribution in [2.75, 3.05) is 7.11 Å². The van der Waals surface area contributed by atoms with Gasteiger partial charge in [-0.15, -0.1) is 6.58 Å². The summed E-state index contributed by atoms with van der Waals surface area (Å²) in [5, 5.41) is 0. The molecular weight excluding hydrogens is 270 g/mol. The number of benzene rings is 1. The zero-order valence-corrected chi connectivity index (χ0v) is 12.0. The molecule has 0 spiro atoms. The molecule has 0 bridgehead atoms. The molecule has 5 nitrogen and oxygen atoms in total. The first kappa shape index (κ1) is 15.0. The molecule has 1 aliphatic rings. The van der Waals surface area contributed by atoms with Crippen molar-refractivity contribution < 1.29 is 19.1 Å². The maximum absolute atomic E-state index is 12.4. The van der Waals surface area contributed by atoms with E-state index in [2.05, 4.69) is 6.58 Å². The molecule has 1 aliphatic heterocycles. The van der Waals surface area contributed by atoms with Gasteiger partial charge < -0.3 is 4.74 Å². The average molecular weight is 287 g/mol. The minimum atomic E-state index is -0.944. The number of hydrogen-bond donors (Lipinski definition) is 0. The number of rotatable bonds is 5. The fourth-order valence-corrected chi connectivity index (χ4v) is 2.57. The first-order chi connectivity index (χ1) is 10.0. The smallest absolute Gasteiger partial charge is 0.329 e. The van der Waals surface area contributed by atoms with Crippen LogP contribution in [0.25, 0.3) is 0 Å². The molecule has 0 saturated heterocycles. The Labute approximate surface area is 123 Å². The zero-order valence-electron chi connectivity index (χ0n) is 12.0. The summed E-state index contributed by atoms with van der Waals surface area (Å²) in [5.74, 6) is -1.78. The Balaban J connectivity index is 2.43. The van der Waals surface area contributed by atoms with Crippen LogP contribution in [-0.4, -0.2) is 35.8 Å². The third-order valence-electron chi connectivity index (χ3n) is 3.62. The summed E-state index contributed by atoms with van der Waals surface area (Å²) in [7, 11) is 1.24. The summed E-state index contributed by atoms with van der Waals surface area (Å²) >= 11 is 0. The van der Waals surface area contributed by atoms with Crippen molar-refractivity contribution in [1.82, 2.24) is 4.90 Å². The normalized spacial score (nSPS) is 16.4. The monoisotopic (exact) mass is 287 g/mol. The largest absolute Gasteiger partial charge is 0.467 e. The van der Waals surface area contributed by atoms with Crippen LogP contribution in [0.1, 0.15) is 34.1 Å². The molecule has 0 aliphatic carbocycles. The highest BCUT2D eigenvalue weighted by molar-refractivity contribution is 6.22. The summed E-state index contributed by atoms with van der Waals surface area (Å²) in [6.45, 7) is 5.42. The number of imide groups is 1. The number of ether oxygens (including phenoxy) is 1. The molecule has 0 saturated carbocycles. The van der Waals surface area contributed by atoms with E-state index in [0.29, 0.717) is 17.5 Å². The minimum absolute atomic E-state index is 0.267. The van der Waals surface area contributed by atoms with E-state index < -0.39 is 23.8 Å². The molecule has 2 unspecified atom stereocenters. The van der Waals surface area contributed by atoms with Crippen molar-refractivity contribution in [2.24, 2.45) is 5.92 Å². The Morgan fingerprint density at radius 3 is 2.24 bits per heavy atom. The first-order valence-corrected chi connectivity index (χ1v) is 6.68. The number of carbonyl (C=O) groups is 3. The molecule has 5 heteroatoms. The van der Waals surface area contributed by atoms with E-state index in [4.69, 9.17) is 4.74 Å². The van der Waals surface area contributed by atoms with Gasteiger partial charge in [-0.3, -0.25) is 14.5 Å². The van der Waals surface area contributed by atoms with Crippen LogP contribution in [0.3, 0.4) is 0 Å². The van der Waals surface area contributed by atoms with Crippen LogP contribution in [0.5, 0.6) is 0 Å². The SMILES string of the molecule is C=CCC(C)C(C(=O)OC)N1C(=O)c2ccccc2C1=O. The second-order valence-corrected chi connectivity index (χ2v) is 5.00. The van der Waals surface area contributed by atoms with E-state index in [1.165, 1.54) is 7.11 Å². The highest BCUT2D eigenvalue weighted by Gasteiger charge is 2.45. The van der Waals surface area contributed by atoms with Gasteiger partial charge in [-0.25, -0.2) is 4.79 Å². The Kier molecular flexibility index (Phi) is 4.21. The Morgan fingerprint density at radius 2 is 1.81 bits per heavy atom. The standard InChI is InChI=1S/C16H17NO4/c1-4-7-10(2)13(16(20)21-3)17-14(18)11-8-5-6-9-12(11)15(17)19/h4-6,8-10,13H,1,7H2,2-3H3. The molecule has 1 aromatic rings. The number of allylic oxidation sites excluding steroid dienone is 1. The van der Waals surface area contributed by atoms with Gasteiger partial charge in [0.15, 0.2) is 0 Å². The number of carbonyl (C=O) groups excluding carboxylic acids is 3. The summed E-state index contributed by atoms with van der Waals surface area (Å²) in [6, 6.07) is 5.60. The molecule has 0 radical (unpaired) electrons. The summed E-state index contributed by atoms with van der Waals surface area (Å²) in [5.41, 5.74) is 0.643. The predicted octanol–water partition coefficient (Wildman–Crippen LogP) is 2.04. The van der Waals surface area contributed by atoms with Gasteiger partial charge >= 0.3 is 5.97 Å². The minimum Gasteiger partial charge on any atom is -0.467 e. The number of esters is 1. The number of methoxy groups -OCH3 is 1. The van der Waals surface area contributed by atoms with Crippen LogP contribution < -0.4 is 0 Å². The Bertz CT molecular complexity index is 573. The molecule has 21 heavy (non-hydrogen) atoms. The van der Waals surface area contributed by atoms with Gasteiger partial charge in [-0.1, -0.05) is 25.1 Å². The zero-order chi connectivity index (χ0) is 15.6. The van der Waals surface area contributed by atoms with Gasteiger partial charge in [0.2, 0.25) is 0 Å². The lowest BCUT2D eigenvalue weighted by molar-refractivity contribution is -0.146. The van der Waals surface area contributed by atoms with Crippen molar-refractivity contribution >= 4 is 17.8 Å². The molecule has 2 amide bonds. The third kappa shape index (κ3) is 2.46. The van der Waals surface area contributed by atoms with Gasteiger partial charge in [0, 0.05) is 0 Å². The van der Waals surface area contributed by atoms with Gasteiger partial charge in [-0.05, 0) is 24.5 Å². The van der Waals surface area contributed by atoms with Crippen LogP contribution in [-0.2, 0) is 9.53 Å². The lowest BCUT2D eigenvalue weighted by atomic mass is 9.96. The summed E-state index contributed by atoms with van der Waals surface area (Å²) < 4.78 is 4.77. The molecule has 2 rings (SSSR count). The average Bonchev–Trinajstić information content (AvgIpc) is 2.73. The maximum atomic E-state index is 12.4. The summed E-state index contributed by atoms with van der Waals surface area (Å²) in [6.07, 6.45) is 2.14. The first-order valence-electron chi connectivity index (χ1n) is 6.68. The molecule has 1 aromatic carbocycles.